The summed E-state index contributed by atoms with van der Waals surface area (Å²) in [6.45, 7) is 1.90. The molecule has 134 valence electrons. The zero-order valence-corrected chi connectivity index (χ0v) is 15.0. The van der Waals surface area contributed by atoms with Crippen molar-refractivity contribution in [3.05, 3.63) is 72.1 Å². The Labute approximate surface area is 152 Å². The molecule has 3 aromatic rings. The van der Waals surface area contributed by atoms with Crippen molar-refractivity contribution in [3.8, 4) is 17.2 Å². The maximum atomic E-state index is 12.6. The smallest absolute Gasteiger partial charge is 0.254 e. The molecule has 26 heavy (non-hydrogen) atoms. The number of carbonyl (C=O) groups excluding carboxylic acids is 1. The van der Waals surface area contributed by atoms with E-state index < -0.39 is 0 Å². The summed E-state index contributed by atoms with van der Waals surface area (Å²) in [5, 5.41) is 7.24. The second kappa shape index (κ2) is 7.74. The van der Waals surface area contributed by atoms with Gasteiger partial charge >= 0.3 is 0 Å². The standard InChI is InChI=1S/C20H21N3O3/c1-14(18-11-17(25-2)9-10-19(18)26-3)22-20(24)15-12-21-23(13-15)16-7-5-4-6-8-16/h4-14H,1-3H3,(H,22,24). The number of benzene rings is 2. The maximum absolute atomic E-state index is 12.6. The number of nitrogens with zero attached hydrogens (tertiary/aromatic N) is 2. The predicted octanol–water partition coefficient (Wildman–Crippen LogP) is 3.38. The highest BCUT2D eigenvalue weighted by atomic mass is 16.5. The first-order valence-electron chi connectivity index (χ1n) is 8.25. The Hall–Kier alpha value is -3.28. The van der Waals surface area contributed by atoms with Crippen molar-refractivity contribution < 1.29 is 14.3 Å². The highest BCUT2D eigenvalue weighted by Gasteiger charge is 2.17. The Morgan fingerprint density at radius 1 is 1.12 bits per heavy atom. The van der Waals surface area contributed by atoms with Crippen molar-refractivity contribution in [2.75, 3.05) is 14.2 Å². The van der Waals surface area contributed by atoms with E-state index in [1.165, 1.54) is 0 Å². The Bertz CT molecular complexity index is 890. The highest BCUT2D eigenvalue weighted by molar-refractivity contribution is 5.94. The van der Waals surface area contributed by atoms with Gasteiger partial charge in [0, 0.05) is 11.8 Å². The topological polar surface area (TPSA) is 65.4 Å². The summed E-state index contributed by atoms with van der Waals surface area (Å²) in [5.74, 6) is 1.20. The van der Waals surface area contributed by atoms with Crippen molar-refractivity contribution in [2.24, 2.45) is 0 Å². The van der Waals surface area contributed by atoms with E-state index in [1.54, 1.807) is 31.3 Å². The van der Waals surface area contributed by atoms with Gasteiger partial charge in [-0.15, -0.1) is 0 Å². The molecule has 6 heteroatoms. The second-order valence-corrected chi connectivity index (χ2v) is 5.81. The summed E-state index contributed by atoms with van der Waals surface area (Å²) in [6, 6.07) is 14.9. The fourth-order valence-corrected chi connectivity index (χ4v) is 2.70. The van der Waals surface area contributed by atoms with Crippen LogP contribution >= 0.6 is 0 Å². The summed E-state index contributed by atoms with van der Waals surface area (Å²) < 4.78 is 12.3. The molecule has 0 aliphatic rings. The lowest BCUT2D eigenvalue weighted by Gasteiger charge is -2.18. The van der Waals surface area contributed by atoms with Gasteiger partial charge in [0.25, 0.3) is 5.91 Å². The largest absolute Gasteiger partial charge is 0.497 e. The molecule has 0 bridgehead atoms. The molecule has 0 saturated carbocycles. The molecule has 1 N–H and O–H groups in total. The van der Waals surface area contributed by atoms with E-state index in [-0.39, 0.29) is 11.9 Å². The minimum absolute atomic E-state index is 0.204. The molecule has 0 spiro atoms. The normalized spacial score (nSPS) is 11.7. The lowest BCUT2D eigenvalue weighted by atomic mass is 10.1. The minimum Gasteiger partial charge on any atom is -0.497 e. The van der Waals surface area contributed by atoms with E-state index in [4.69, 9.17) is 9.47 Å². The molecule has 0 fully saturated rings. The molecule has 0 saturated heterocycles. The number of rotatable bonds is 6. The SMILES string of the molecule is COc1ccc(OC)c(C(C)NC(=O)c2cnn(-c3ccccc3)c2)c1. The van der Waals surface area contributed by atoms with Gasteiger partial charge in [-0.05, 0) is 37.3 Å². The van der Waals surface area contributed by atoms with Crippen molar-refractivity contribution in [3.63, 3.8) is 0 Å². The van der Waals surface area contributed by atoms with Crippen LogP contribution in [-0.2, 0) is 0 Å². The van der Waals surface area contributed by atoms with E-state index >= 15 is 0 Å². The van der Waals surface area contributed by atoms with E-state index in [1.807, 2.05) is 55.5 Å². The average Bonchev–Trinajstić information content (AvgIpc) is 3.18. The van der Waals surface area contributed by atoms with Crippen LogP contribution in [0.2, 0.25) is 0 Å². The van der Waals surface area contributed by atoms with E-state index in [9.17, 15) is 4.79 Å². The van der Waals surface area contributed by atoms with Crippen LogP contribution < -0.4 is 14.8 Å². The van der Waals surface area contributed by atoms with Gasteiger partial charge in [-0.1, -0.05) is 18.2 Å². The molecule has 6 nitrogen and oxygen atoms in total. The summed E-state index contributed by atoms with van der Waals surface area (Å²) in [5.41, 5.74) is 2.23. The molecule has 0 aliphatic carbocycles. The molecule has 1 atom stereocenters. The van der Waals surface area contributed by atoms with Crippen LogP contribution in [0.4, 0.5) is 0 Å². The Balaban J connectivity index is 1.77. The molecule has 1 aromatic heterocycles. The monoisotopic (exact) mass is 351 g/mol. The number of aromatic nitrogens is 2. The number of methoxy groups -OCH3 is 2. The minimum atomic E-state index is -0.257. The molecule has 1 unspecified atom stereocenters. The first kappa shape index (κ1) is 17.5. The zero-order chi connectivity index (χ0) is 18.5. The molecule has 3 rings (SSSR count). The van der Waals surface area contributed by atoms with Gasteiger partial charge in [0.05, 0.1) is 37.7 Å². The van der Waals surface area contributed by atoms with Crippen LogP contribution in [0.5, 0.6) is 11.5 Å². The maximum Gasteiger partial charge on any atom is 0.254 e. The second-order valence-electron chi connectivity index (χ2n) is 5.81. The molecule has 0 radical (unpaired) electrons. The van der Waals surface area contributed by atoms with Crippen molar-refractivity contribution in [2.45, 2.75) is 13.0 Å². The van der Waals surface area contributed by atoms with Gasteiger partial charge < -0.3 is 14.8 Å². The molecule has 1 heterocycles. The first-order valence-corrected chi connectivity index (χ1v) is 8.25. The van der Waals surface area contributed by atoms with Crippen molar-refractivity contribution in [1.82, 2.24) is 15.1 Å². The van der Waals surface area contributed by atoms with Gasteiger partial charge in [0.15, 0.2) is 0 Å². The fourth-order valence-electron chi connectivity index (χ4n) is 2.70. The van der Waals surface area contributed by atoms with Crippen LogP contribution in [0.25, 0.3) is 5.69 Å². The summed E-state index contributed by atoms with van der Waals surface area (Å²) in [7, 11) is 3.20. The number of ether oxygens (including phenoxy) is 2. The van der Waals surface area contributed by atoms with Gasteiger partial charge in [0.1, 0.15) is 11.5 Å². The average molecular weight is 351 g/mol. The van der Waals surface area contributed by atoms with Gasteiger partial charge in [-0.2, -0.15) is 5.10 Å². The third-order valence-electron chi connectivity index (χ3n) is 4.12. The Kier molecular flexibility index (Phi) is 5.22. The summed E-state index contributed by atoms with van der Waals surface area (Å²) >= 11 is 0. The van der Waals surface area contributed by atoms with Crippen LogP contribution in [0.1, 0.15) is 28.9 Å². The van der Waals surface area contributed by atoms with Gasteiger partial charge in [-0.3, -0.25) is 4.79 Å². The first-order chi connectivity index (χ1) is 12.6. The van der Waals surface area contributed by atoms with Crippen LogP contribution in [0, 0.1) is 0 Å². The summed E-state index contributed by atoms with van der Waals surface area (Å²) in [4.78, 5) is 12.6. The molecule has 1 amide bonds. The Morgan fingerprint density at radius 3 is 2.58 bits per heavy atom. The van der Waals surface area contributed by atoms with E-state index in [2.05, 4.69) is 10.4 Å². The number of nitrogens with one attached hydrogen (secondary N) is 1. The fraction of sp³-hybridized carbons (Fsp3) is 0.200. The predicted molar refractivity (Wildman–Crippen MR) is 99.0 cm³/mol. The van der Waals surface area contributed by atoms with Crippen molar-refractivity contribution >= 4 is 5.91 Å². The number of para-hydroxylation sites is 1. The van der Waals surface area contributed by atoms with Crippen LogP contribution in [0.3, 0.4) is 0 Å². The number of carbonyl (C=O) groups is 1. The lowest BCUT2D eigenvalue weighted by molar-refractivity contribution is 0.0939. The van der Waals surface area contributed by atoms with E-state index in [0.29, 0.717) is 17.1 Å². The molecule has 0 aliphatic heterocycles. The highest BCUT2D eigenvalue weighted by Crippen LogP contribution is 2.29. The van der Waals surface area contributed by atoms with Gasteiger partial charge in [-0.25, -0.2) is 4.68 Å². The van der Waals surface area contributed by atoms with Gasteiger partial charge in [0.2, 0.25) is 0 Å². The summed E-state index contributed by atoms with van der Waals surface area (Å²) in [6.07, 6.45) is 3.26. The third-order valence-corrected chi connectivity index (χ3v) is 4.12. The molecule has 2 aromatic carbocycles. The number of hydrogen-bond donors (Lipinski definition) is 1. The van der Waals surface area contributed by atoms with E-state index in [0.717, 1.165) is 11.3 Å². The van der Waals surface area contributed by atoms with Crippen molar-refractivity contribution in [1.29, 1.82) is 0 Å². The quantitative estimate of drug-likeness (QED) is 0.739. The third kappa shape index (κ3) is 3.69. The number of amides is 1. The van der Waals surface area contributed by atoms with Crippen LogP contribution in [-0.4, -0.2) is 29.9 Å². The molecular formula is C20H21N3O3. The molecular weight excluding hydrogens is 330 g/mol. The number of hydrogen-bond acceptors (Lipinski definition) is 4. The lowest BCUT2D eigenvalue weighted by Crippen LogP contribution is -2.26. The van der Waals surface area contributed by atoms with Crippen LogP contribution in [0.15, 0.2) is 60.9 Å². The zero-order valence-electron chi connectivity index (χ0n) is 15.0. The Morgan fingerprint density at radius 2 is 1.88 bits per heavy atom.